The third-order valence-corrected chi connectivity index (χ3v) is 5.28. The van der Waals surface area contributed by atoms with Crippen molar-refractivity contribution < 1.29 is 0 Å². The number of nitrogens with zero attached hydrogens (tertiary/aromatic N) is 3. The van der Waals surface area contributed by atoms with Crippen molar-refractivity contribution in [2.45, 2.75) is 0 Å². The Balaban J connectivity index is 1.91. The van der Waals surface area contributed by atoms with Crippen LogP contribution in [0.3, 0.4) is 0 Å². The van der Waals surface area contributed by atoms with Crippen molar-refractivity contribution in [3.8, 4) is 29.0 Å². The van der Waals surface area contributed by atoms with Crippen LogP contribution in [-0.2, 0) is 0 Å². The summed E-state index contributed by atoms with van der Waals surface area (Å²) in [6.07, 6.45) is 0. The Bertz CT molecular complexity index is 1430. The lowest BCUT2D eigenvalue weighted by atomic mass is 10.0. The van der Waals surface area contributed by atoms with Crippen LogP contribution >= 0.6 is 0 Å². The highest BCUT2D eigenvalue weighted by atomic mass is 15.0. The second-order valence-electron chi connectivity index (χ2n) is 6.88. The molecule has 0 bridgehead atoms. The van der Waals surface area contributed by atoms with Crippen LogP contribution < -0.4 is 0 Å². The van der Waals surface area contributed by atoms with Crippen LogP contribution in [0.15, 0.2) is 91.0 Å². The molecule has 0 fully saturated rings. The predicted molar refractivity (Wildman–Crippen MR) is 116 cm³/mol. The van der Waals surface area contributed by atoms with Crippen LogP contribution in [0.25, 0.3) is 38.6 Å². The number of fused-ring (bicyclic) bond motifs is 3. The number of hydrogen-bond acceptors (Lipinski definition) is 2. The van der Waals surface area contributed by atoms with Gasteiger partial charge in [0.2, 0.25) is 0 Å². The van der Waals surface area contributed by atoms with Gasteiger partial charge < -0.3 is 4.57 Å². The molecule has 0 aliphatic heterocycles. The Hall–Kier alpha value is -4.34. The van der Waals surface area contributed by atoms with E-state index in [0.29, 0.717) is 16.8 Å². The molecule has 1 heterocycles. The van der Waals surface area contributed by atoms with Crippen LogP contribution in [0, 0.1) is 22.7 Å². The summed E-state index contributed by atoms with van der Waals surface area (Å²) >= 11 is 0. The van der Waals surface area contributed by atoms with E-state index < -0.39 is 0 Å². The topological polar surface area (TPSA) is 52.5 Å². The number of hydrogen-bond donors (Lipinski definition) is 0. The van der Waals surface area contributed by atoms with E-state index in [-0.39, 0.29) is 0 Å². The first-order chi connectivity index (χ1) is 14.3. The first-order valence-electron chi connectivity index (χ1n) is 9.34. The van der Waals surface area contributed by atoms with E-state index in [1.165, 1.54) is 0 Å². The first kappa shape index (κ1) is 16.8. The second kappa shape index (κ2) is 6.68. The molecule has 0 saturated heterocycles. The molecule has 29 heavy (non-hydrogen) atoms. The summed E-state index contributed by atoms with van der Waals surface area (Å²) < 4.78 is 2.04. The highest BCUT2D eigenvalue weighted by molar-refractivity contribution is 6.10. The second-order valence-corrected chi connectivity index (χ2v) is 6.88. The van der Waals surface area contributed by atoms with E-state index in [2.05, 4.69) is 48.5 Å². The number of para-hydroxylation sites is 2. The summed E-state index contributed by atoms with van der Waals surface area (Å²) in [4.78, 5) is 0. The van der Waals surface area contributed by atoms with E-state index >= 15 is 0 Å². The highest BCUT2D eigenvalue weighted by Crippen LogP contribution is 2.36. The number of nitriles is 2. The minimum Gasteiger partial charge on any atom is -0.307 e. The summed E-state index contributed by atoms with van der Waals surface area (Å²) in [6.45, 7) is 0. The van der Waals surface area contributed by atoms with Gasteiger partial charge in [0.25, 0.3) is 0 Å². The molecule has 5 rings (SSSR count). The average molecular weight is 369 g/mol. The van der Waals surface area contributed by atoms with Crippen molar-refractivity contribution in [1.82, 2.24) is 4.57 Å². The number of aromatic nitrogens is 1. The third-order valence-electron chi connectivity index (χ3n) is 5.28. The van der Waals surface area contributed by atoms with E-state index in [0.717, 1.165) is 32.9 Å². The van der Waals surface area contributed by atoms with Gasteiger partial charge in [-0.2, -0.15) is 10.5 Å². The lowest BCUT2D eigenvalue weighted by Crippen LogP contribution is -2.00. The van der Waals surface area contributed by atoms with Crippen LogP contribution in [0.4, 0.5) is 0 Å². The van der Waals surface area contributed by atoms with Crippen LogP contribution in [0.2, 0.25) is 0 Å². The summed E-state index contributed by atoms with van der Waals surface area (Å²) in [6, 6.07) is 34.5. The van der Waals surface area contributed by atoms with Gasteiger partial charge in [-0.1, -0.05) is 60.7 Å². The molecule has 0 spiro atoms. The summed E-state index contributed by atoms with van der Waals surface area (Å²) in [5, 5.41) is 21.6. The lowest BCUT2D eigenvalue weighted by molar-refractivity contribution is 1.15. The van der Waals surface area contributed by atoms with Crippen molar-refractivity contribution in [1.29, 1.82) is 10.5 Å². The van der Waals surface area contributed by atoms with Gasteiger partial charge in [0, 0.05) is 10.8 Å². The van der Waals surface area contributed by atoms with Gasteiger partial charge in [0.15, 0.2) is 0 Å². The standard InChI is InChI=1S/C26H15N3/c27-16-20-9-6-10-21(17-28)26(20)29-24-12-5-4-11-22(24)23-15-19(13-14-25(23)29)18-7-2-1-3-8-18/h1-15H. The van der Waals surface area contributed by atoms with Crippen LogP contribution in [0.5, 0.6) is 0 Å². The maximum Gasteiger partial charge on any atom is 0.101 e. The minimum absolute atomic E-state index is 0.485. The Labute approximate surface area is 168 Å². The molecule has 0 amide bonds. The Morgan fingerprint density at radius 1 is 0.552 bits per heavy atom. The summed E-state index contributed by atoms with van der Waals surface area (Å²) in [5.74, 6) is 0. The van der Waals surface area contributed by atoms with E-state index in [9.17, 15) is 10.5 Å². The summed E-state index contributed by atoms with van der Waals surface area (Å²) in [5.41, 5.74) is 5.85. The largest absolute Gasteiger partial charge is 0.307 e. The van der Waals surface area contributed by atoms with Gasteiger partial charge in [-0.15, -0.1) is 0 Å². The maximum absolute atomic E-state index is 9.70. The number of rotatable bonds is 2. The smallest absolute Gasteiger partial charge is 0.101 e. The lowest BCUT2D eigenvalue weighted by Gasteiger charge is -2.12. The zero-order chi connectivity index (χ0) is 19.8. The van der Waals surface area contributed by atoms with Crippen LogP contribution in [0.1, 0.15) is 11.1 Å². The van der Waals surface area contributed by atoms with Gasteiger partial charge in [-0.3, -0.25) is 0 Å². The minimum atomic E-state index is 0.485. The van der Waals surface area contributed by atoms with Gasteiger partial charge in [-0.25, -0.2) is 0 Å². The molecular weight excluding hydrogens is 354 g/mol. The van der Waals surface area contributed by atoms with E-state index in [1.807, 2.05) is 41.0 Å². The zero-order valence-electron chi connectivity index (χ0n) is 15.5. The quantitative estimate of drug-likeness (QED) is 0.372. The fourth-order valence-electron chi connectivity index (χ4n) is 3.99. The van der Waals surface area contributed by atoms with Crippen molar-refractivity contribution in [3.05, 3.63) is 102 Å². The van der Waals surface area contributed by atoms with Crippen LogP contribution in [-0.4, -0.2) is 4.57 Å². The Kier molecular flexibility index (Phi) is 3.87. The highest BCUT2D eigenvalue weighted by Gasteiger charge is 2.18. The molecule has 3 nitrogen and oxygen atoms in total. The molecular formula is C26H15N3. The molecule has 1 aromatic heterocycles. The fourth-order valence-corrected chi connectivity index (χ4v) is 3.99. The fraction of sp³-hybridized carbons (Fsp3) is 0. The monoisotopic (exact) mass is 369 g/mol. The molecule has 0 saturated carbocycles. The van der Waals surface area contributed by atoms with Crippen molar-refractivity contribution in [3.63, 3.8) is 0 Å². The molecule has 4 aromatic carbocycles. The maximum atomic E-state index is 9.70. The predicted octanol–water partition coefficient (Wildman–Crippen LogP) is 6.19. The molecule has 134 valence electrons. The van der Waals surface area contributed by atoms with Crippen molar-refractivity contribution in [2.75, 3.05) is 0 Å². The molecule has 0 N–H and O–H groups in total. The molecule has 0 aliphatic carbocycles. The van der Waals surface area contributed by atoms with E-state index in [4.69, 9.17) is 0 Å². The Morgan fingerprint density at radius 3 is 1.93 bits per heavy atom. The molecule has 0 unspecified atom stereocenters. The zero-order valence-corrected chi connectivity index (χ0v) is 15.5. The van der Waals surface area contributed by atoms with Gasteiger partial charge in [0.05, 0.1) is 27.8 Å². The van der Waals surface area contributed by atoms with Gasteiger partial charge >= 0.3 is 0 Å². The SMILES string of the molecule is N#Cc1cccc(C#N)c1-n1c2ccccc2c2cc(-c3ccccc3)ccc21. The van der Waals surface area contributed by atoms with Crippen molar-refractivity contribution >= 4 is 21.8 Å². The average Bonchev–Trinajstić information content (AvgIpc) is 3.12. The first-order valence-corrected chi connectivity index (χ1v) is 9.34. The molecule has 0 radical (unpaired) electrons. The van der Waals surface area contributed by atoms with Gasteiger partial charge in [0.1, 0.15) is 12.1 Å². The molecule has 3 heteroatoms. The third kappa shape index (κ3) is 2.57. The Morgan fingerprint density at radius 2 is 1.21 bits per heavy atom. The van der Waals surface area contributed by atoms with E-state index in [1.54, 1.807) is 18.2 Å². The normalized spacial score (nSPS) is 10.7. The molecule has 0 aliphatic rings. The van der Waals surface area contributed by atoms with Crippen molar-refractivity contribution in [2.24, 2.45) is 0 Å². The molecule has 5 aromatic rings. The van der Waals surface area contributed by atoms with Gasteiger partial charge in [-0.05, 0) is 41.5 Å². The summed E-state index contributed by atoms with van der Waals surface area (Å²) in [7, 11) is 0. The molecule has 0 atom stereocenters. The number of benzene rings is 4.